The first kappa shape index (κ1) is 28.4. The van der Waals surface area contributed by atoms with Crippen LogP contribution < -0.4 is 20.1 Å². The lowest BCUT2D eigenvalue weighted by Crippen LogP contribution is -2.16. The van der Waals surface area contributed by atoms with Gasteiger partial charge in [0, 0.05) is 0 Å². The number of aromatic carboxylic acids is 2. The van der Waals surface area contributed by atoms with Gasteiger partial charge in [-0.15, -0.1) is 0 Å². The molecule has 0 aliphatic heterocycles. The molecule has 0 bridgehead atoms. The Labute approximate surface area is 235 Å². The summed E-state index contributed by atoms with van der Waals surface area (Å²) >= 11 is 0. The van der Waals surface area contributed by atoms with Gasteiger partial charge in [0.1, 0.15) is 11.5 Å². The number of carbonyl (C=O) groups is 4. The molecule has 0 aliphatic carbocycles. The maximum atomic E-state index is 12.8. The molecule has 41 heavy (non-hydrogen) atoms. The Kier molecular flexibility index (Phi) is 8.63. The summed E-state index contributed by atoms with van der Waals surface area (Å²) in [7, 11) is 2.86. The van der Waals surface area contributed by atoms with Crippen molar-refractivity contribution in [2.45, 2.75) is 6.42 Å². The molecule has 10 heteroatoms. The van der Waals surface area contributed by atoms with E-state index in [-0.39, 0.29) is 40.0 Å². The van der Waals surface area contributed by atoms with Crippen molar-refractivity contribution in [2.24, 2.45) is 0 Å². The van der Waals surface area contributed by atoms with E-state index in [1.165, 1.54) is 38.5 Å². The van der Waals surface area contributed by atoms with Crippen LogP contribution in [0.3, 0.4) is 0 Å². The average Bonchev–Trinajstić information content (AvgIpc) is 2.98. The minimum absolute atomic E-state index is 0.0952. The summed E-state index contributed by atoms with van der Waals surface area (Å²) in [4.78, 5) is 49.6. The Balaban J connectivity index is 1.57. The highest BCUT2D eigenvalue weighted by molar-refractivity contribution is 6.10. The highest BCUT2D eigenvalue weighted by Gasteiger charge is 2.19. The molecule has 4 aromatic rings. The number of hydrogen-bond donors (Lipinski definition) is 4. The second-order valence-corrected chi connectivity index (χ2v) is 8.86. The van der Waals surface area contributed by atoms with Crippen LogP contribution in [0.15, 0.2) is 84.9 Å². The van der Waals surface area contributed by atoms with Gasteiger partial charge in [-0.3, -0.25) is 9.59 Å². The summed E-state index contributed by atoms with van der Waals surface area (Å²) < 4.78 is 10.4. The number of amides is 2. The molecular formula is C31H26N2O8. The molecule has 2 amide bonds. The SMILES string of the molecule is COc1ccccc1C(=O)Nc1ccc(Cc2ccc(NC(=O)c3ccccc3OC)c(C(=O)O)c2)cc1C(=O)O. The van der Waals surface area contributed by atoms with Gasteiger partial charge >= 0.3 is 11.9 Å². The number of ether oxygens (including phenoxy) is 2. The third kappa shape index (κ3) is 6.51. The quantitative estimate of drug-likeness (QED) is 0.209. The van der Waals surface area contributed by atoms with Gasteiger partial charge in [0.15, 0.2) is 0 Å². The van der Waals surface area contributed by atoms with Gasteiger partial charge in [-0.25, -0.2) is 9.59 Å². The van der Waals surface area contributed by atoms with E-state index in [1.807, 2.05) is 0 Å². The van der Waals surface area contributed by atoms with Crippen LogP contribution in [0.2, 0.25) is 0 Å². The van der Waals surface area contributed by atoms with Crippen LogP contribution in [0.1, 0.15) is 52.6 Å². The molecular weight excluding hydrogens is 528 g/mol. The van der Waals surface area contributed by atoms with Crippen LogP contribution >= 0.6 is 0 Å². The molecule has 0 radical (unpaired) electrons. The number of anilines is 2. The van der Waals surface area contributed by atoms with Gasteiger partial charge in [0.25, 0.3) is 11.8 Å². The fraction of sp³-hybridized carbons (Fsp3) is 0.0968. The smallest absolute Gasteiger partial charge is 0.337 e. The maximum Gasteiger partial charge on any atom is 0.337 e. The zero-order valence-electron chi connectivity index (χ0n) is 22.1. The number of carbonyl (C=O) groups excluding carboxylic acids is 2. The first-order valence-electron chi connectivity index (χ1n) is 12.3. The summed E-state index contributed by atoms with van der Waals surface area (Å²) in [5.74, 6) is -2.87. The number of carboxylic acids is 2. The molecule has 4 rings (SSSR count). The molecule has 4 N–H and O–H groups in total. The highest BCUT2D eigenvalue weighted by atomic mass is 16.5. The van der Waals surface area contributed by atoms with Crippen LogP contribution in [-0.2, 0) is 6.42 Å². The summed E-state index contributed by atoms with van der Waals surface area (Å²) in [6.45, 7) is 0. The summed E-state index contributed by atoms with van der Waals surface area (Å²) in [6.07, 6.45) is 0.196. The van der Waals surface area contributed by atoms with Crippen LogP contribution in [0.5, 0.6) is 11.5 Å². The standard InChI is InChI=1S/C31H26N2O8/c1-40-26-9-5-3-7-20(26)28(34)32-24-13-11-18(16-22(24)30(36)37)15-19-12-14-25(23(17-19)31(38)39)33-29(35)21-8-4-6-10-27(21)41-2/h3-14,16-17H,15H2,1-2H3,(H,32,34)(H,33,35)(H,36,37)(H,38,39). The Morgan fingerprint density at radius 3 is 1.34 bits per heavy atom. The lowest BCUT2D eigenvalue weighted by atomic mass is 9.99. The van der Waals surface area contributed by atoms with E-state index < -0.39 is 23.8 Å². The second-order valence-electron chi connectivity index (χ2n) is 8.86. The van der Waals surface area contributed by atoms with Gasteiger partial charge in [-0.1, -0.05) is 36.4 Å². The third-order valence-electron chi connectivity index (χ3n) is 6.24. The Bertz CT molecular complexity index is 1530. The van der Waals surface area contributed by atoms with Crippen LogP contribution in [0, 0.1) is 0 Å². The number of methoxy groups -OCH3 is 2. The number of nitrogens with one attached hydrogen (secondary N) is 2. The lowest BCUT2D eigenvalue weighted by Gasteiger charge is -2.14. The van der Waals surface area contributed by atoms with Gasteiger partial charge in [0.05, 0.1) is 47.8 Å². The zero-order chi connectivity index (χ0) is 29.5. The number of rotatable bonds is 10. The predicted octanol–water partition coefficient (Wildman–Crippen LogP) is 5.20. The predicted molar refractivity (Wildman–Crippen MR) is 152 cm³/mol. The topological polar surface area (TPSA) is 151 Å². The summed E-state index contributed by atoms with van der Waals surface area (Å²) in [6, 6.07) is 22.2. The first-order chi connectivity index (χ1) is 19.7. The number of carboxylic acid groups (broad SMARTS) is 2. The van der Waals surface area contributed by atoms with Gasteiger partial charge in [-0.2, -0.15) is 0 Å². The van der Waals surface area contributed by atoms with Crippen molar-refractivity contribution in [3.63, 3.8) is 0 Å². The molecule has 4 aromatic carbocycles. The molecule has 0 aromatic heterocycles. The van der Waals surface area contributed by atoms with E-state index in [0.717, 1.165) is 0 Å². The Morgan fingerprint density at radius 2 is 0.976 bits per heavy atom. The van der Waals surface area contributed by atoms with Gasteiger partial charge in [-0.05, 0) is 66.1 Å². The summed E-state index contributed by atoms with van der Waals surface area (Å²) in [5, 5.41) is 24.8. The van der Waals surface area contributed by atoms with Crippen LogP contribution in [0.25, 0.3) is 0 Å². The molecule has 0 saturated heterocycles. The van der Waals surface area contributed by atoms with Crippen molar-refractivity contribution in [3.05, 3.63) is 118 Å². The molecule has 0 fully saturated rings. The Hall–Kier alpha value is -5.64. The van der Waals surface area contributed by atoms with E-state index in [0.29, 0.717) is 22.6 Å². The highest BCUT2D eigenvalue weighted by Crippen LogP contribution is 2.26. The molecule has 0 heterocycles. The molecule has 0 spiro atoms. The van der Waals surface area contributed by atoms with Crippen molar-refractivity contribution in [1.29, 1.82) is 0 Å². The van der Waals surface area contributed by atoms with Crippen LogP contribution in [0.4, 0.5) is 11.4 Å². The monoisotopic (exact) mass is 554 g/mol. The minimum atomic E-state index is -1.25. The molecule has 0 saturated carbocycles. The molecule has 0 aliphatic rings. The first-order valence-corrected chi connectivity index (χ1v) is 12.3. The van der Waals surface area contributed by atoms with Crippen molar-refractivity contribution in [3.8, 4) is 11.5 Å². The van der Waals surface area contributed by atoms with Gasteiger partial charge in [0.2, 0.25) is 0 Å². The number of hydrogen-bond acceptors (Lipinski definition) is 6. The van der Waals surface area contributed by atoms with E-state index in [1.54, 1.807) is 60.7 Å². The van der Waals surface area contributed by atoms with E-state index in [4.69, 9.17) is 9.47 Å². The third-order valence-corrected chi connectivity index (χ3v) is 6.24. The lowest BCUT2D eigenvalue weighted by molar-refractivity contribution is 0.0687. The number of benzene rings is 4. The van der Waals surface area contributed by atoms with Crippen LogP contribution in [-0.4, -0.2) is 48.2 Å². The van der Waals surface area contributed by atoms with Crippen molar-refractivity contribution in [1.82, 2.24) is 0 Å². The molecule has 0 unspecified atom stereocenters. The van der Waals surface area contributed by atoms with Crippen molar-refractivity contribution in [2.75, 3.05) is 24.9 Å². The van der Waals surface area contributed by atoms with Crippen molar-refractivity contribution >= 4 is 35.1 Å². The van der Waals surface area contributed by atoms with Crippen molar-refractivity contribution < 1.29 is 38.9 Å². The fourth-order valence-corrected chi connectivity index (χ4v) is 4.25. The van der Waals surface area contributed by atoms with E-state index in [9.17, 15) is 29.4 Å². The minimum Gasteiger partial charge on any atom is -0.496 e. The second kappa shape index (κ2) is 12.5. The molecule has 10 nitrogen and oxygen atoms in total. The summed E-state index contributed by atoms with van der Waals surface area (Å²) in [5.41, 5.74) is 1.55. The zero-order valence-corrected chi connectivity index (χ0v) is 22.1. The number of para-hydroxylation sites is 2. The average molecular weight is 555 g/mol. The largest absolute Gasteiger partial charge is 0.496 e. The molecule has 0 atom stereocenters. The maximum absolute atomic E-state index is 12.8. The molecule has 208 valence electrons. The van der Waals surface area contributed by atoms with E-state index in [2.05, 4.69) is 10.6 Å². The Morgan fingerprint density at radius 1 is 0.585 bits per heavy atom. The van der Waals surface area contributed by atoms with Gasteiger partial charge < -0.3 is 30.3 Å². The normalized spacial score (nSPS) is 10.4. The fourth-order valence-electron chi connectivity index (χ4n) is 4.25. The van der Waals surface area contributed by atoms with E-state index >= 15 is 0 Å².